The molecule has 2 aromatic carbocycles. The molecule has 0 aliphatic carbocycles. The smallest absolute Gasteiger partial charge is 0.122 e. The highest BCUT2D eigenvalue weighted by Crippen LogP contribution is 2.29. The molecule has 3 rings (SSSR count). The van der Waals surface area contributed by atoms with Gasteiger partial charge in [-0.25, -0.2) is 0 Å². The summed E-state index contributed by atoms with van der Waals surface area (Å²) in [6.45, 7) is 5.05. The van der Waals surface area contributed by atoms with Crippen LogP contribution in [0.15, 0.2) is 36.4 Å². The van der Waals surface area contributed by atoms with Gasteiger partial charge in [-0.1, -0.05) is 41.5 Å². The molecule has 1 aliphatic heterocycles. The molecule has 3 nitrogen and oxygen atoms in total. The molecule has 0 amide bonds. The minimum absolute atomic E-state index is 0.122. The molecule has 0 saturated heterocycles. The number of benzene rings is 2. The summed E-state index contributed by atoms with van der Waals surface area (Å²) in [5.41, 5.74) is 9.37. The largest absolute Gasteiger partial charge is 0.493 e. The molecule has 110 valence electrons. The number of hydrazine groups is 1. The fraction of sp³-hybridized carbons (Fsp3) is 0.333. The van der Waals surface area contributed by atoms with E-state index in [0.717, 1.165) is 25.2 Å². The van der Waals surface area contributed by atoms with E-state index in [0.29, 0.717) is 0 Å². The quantitative estimate of drug-likeness (QED) is 0.669. The maximum Gasteiger partial charge on any atom is 0.122 e. The highest BCUT2D eigenvalue weighted by atomic mass is 16.5. The molecule has 3 N–H and O–H groups in total. The molecule has 1 aliphatic rings. The molecule has 1 atom stereocenters. The van der Waals surface area contributed by atoms with Crippen LogP contribution in [0.3, 0.4) is 0 Å². The van der Waals surface area contributed by atoms with Gasteiger partial charge in [-0.3, -0.25) is 11.3 Å². The van der Waals surface area contributed by atoms with Gasteiger partial charge in [0.05, 0.1) is 6.61 Å². The van der Waals surface area contributed by atoms with Crippen molar-refractivity contribution in [3.8, 4) is 5.75 Å². The molecule has 2 aromatic rings. The van der Waals surface area contributed by atoms with Gasteiger partial charge < -0.3 is 4.74 Å². The Morgan fingerprint density at radius 3 is 2.62 bits per heavy atom. The number of nitrogens with one attached hydrogen (secondary N) is 1. The topological polar surface area (TPSA) is 47.3 Å². The van der Waals surface area contributed by atoms with Gasteiger partial charge in [-0.05, 0) is 43.0 Å². The summed E-state index contributed by atoms with van der Waals surface area (Å²) in [7, 11) is 0. The van der Waals surface area contributed by atoms with Crippen LogP contribution in [0.2, 0.25) is 0 Å². The van der Waals surface area contributed by atoms with Gasteiger partial charge in [0.2, 0.25) is 0 Å². The van der Waals surface area contributed by atoms with Crippen LogP contribution < -0.4 is 16.0 Å². The van der Waals surface area contributed by atoms with Gasteiger partial charge in [0.15, 0.2) is 0 Å². The molecule has 0 fully saturated rings. The van der Waals surface area contributed by atoms with Gasteiger partial charge >= 0.3 is 0 Å². The molecular weight excluding hydrogens is 260 g/mol. The predicted molar refractivity (Wildman–Crippen MR) is 85.3 cm³/mol. The third-order valence-corrected chi connectivity index (χ3v) is 4.04. The molecule has 0 aromatic heterocycles. The maximum absolute atomic E-state index is 5.79. The Balaban J connectivity index is 1.84. The van der Waals surface area contributed by atoms with Crippen LogP contribution in [0.4, 0.5) is 0 Å². The van der Waals surface area contributed by atoms with Crippen molar-refractivity contribution in [2.45, 2.75) is 32.7 Å². The first-order chi connectivity index (χ1) is 10.2. The molecule has 0 spiro atoms. The van der Waals surface area contributed by atoms with Crippen LogP contribution in [0, 0.1) is 13.8 Å². The van der Waals surface area contributed by atoms with E-state index in [2.05, 4.69) is 55.7 Å². The minimum Gasteiger partial charge on any atom is -0.493 e. The summed E-state index contributed by atoms with van der Waals surface area (Å²) in [6.07, 6.45) is 1.88. The summed E-state index contributed by atoms with van der Waals surface area (Å²) in [5.74, 6) is 6.81. The molecule has 0 bridgehead atoms. The van der Waals surface area contributed by atoms with E-state index in [1.54, 1.807) is 0 Å². The summed E-state index contributed by atoms with van der Waals surface area (Å²) in [5, 5.41) is 0. The van der Waals surface area contributed by atoms with Gasteiger partial charge in [-0.15, -0.1) is 0 Å². The summed E-state index contributed by atoms with van der Waals surface area (Å²) in [4.78, 5) is 0. The first-order valence-electron chi connectivity index (χ1n) is 7.44. The van der Waals surface area contributed by atoms with Gasteiger partial charge in [0, 0.05) is 12.5 Å². The van der Waals surface area contributed by atoms with Crippen molar-refractivity contribution in [3.63, 3.8) is 0 Å². The first kappa shape index (κ1) is 14.1. The molecule has 0 radical (unpaired) electrons. The lowest BCUT2D eigenvalue weighted by atomic mass is 9.95. The fourth-order valence-corrected chi connectivity index (χ4v) is 3.12. The number of rotatable bonds is 4. The van der Waals surface area contributed by atoms with Crippen molar-refractivity contribution in [2.75, 3.05) is 6.61 Å². The normalized spacial score (nSPS) is 14.6. The third-order valence-electron chi connectivity index (χ3n) is 4.04. The van der Waals surface area contributed by atoms with E-state index in [4.69, 9.17) is 10.6 Å². The second-order valence-electron chi connectivity index (χ2n) is 5.88. The van der Waals surface area contributed by atoms with Crippen molar-refractivity contribution in [1.82, 2.24) is 5.43 Å². The van der Waals surface area contributed by atoms with Crippen molar-refractivity contribution in [3.05, 3.63) is 64.2 Å². The molecule has 21 heavy (non-hydrogen) atoms. The molecule has 0 saturated carbocycles. The van der Waals surface area contributed by atoms with Gasteiger partial charge in [0.1, 0.15) is 5.75 Å². The molecule has 3 heteroatoms. The van der Waals surface area contributed by atoms with Crippen LogP contribution in [0.1, 0.15) is 33.9 Å². The first-order valence-corrected chi connectivity index (χ1v) is 7.44. The van der Waals surface area contributed by atoms with E-state index < -0.39 is 0 Å². The van der Waals surface area contributed by atoms with Gasteiger partial charge in [0.25, 0.3) is 0 Å². The highest BCUT2D eigenvalue weighted by Gasteiger charge is 2.16. The maximum atomic E-state index is 5.79. The zero-order valence-corrected chi connectivity index (χ0v) is 12.6. The van der Waals surface area contributed by atoms with Crippen LogP contribution >= 0.6 is 0 Å². The average molecular weight is 282 g/mol. The molecule has 1 heterocycles. The van der Waals surface area contributed by atoms with Gasteiger partial charge in [-0.2, -0.15) is 0 Å². The third kappa shape index (κ3) is 3.09. The Morgan fingerprint density at radius 1 is 1.14 bits per heavy atom. The Bertz CT molecular complexity index is 631. The number of fused-ring (bicyclic) bond motifs is 1. The lowest BCUT2D eigenvalue weighted by Crippen LogP contribution is -2.29. The Hall–Kier alpha value is -1.84. The summed E-state index contributed by atoms with van der Waals surface area (Å²) < 4.78 is 5.56. The van der Waals surface area contributed by atoms with E-state index in [1.165, 1.54) is 27.8 Å². The zero-order valence-electron chi connectivity index (χ0n) is 12.6. The second-order valence-corrected chi connectivity index (χ2v) is 5.88. The highest BCUT2D eigenvalue weighted by molar-refractivity contribution is 5.41. The molecule has 1 unspecified atom stereocenters. The average Bonchev–Trinajstić information content (AvgIpc) is 2.91. The summed E-state index contributed by atoms with van der Waals surface area (Å²) >= 11 is 0. The van der Waals surface area contributed by atoms with Crippen molar-refractivity contribution in [2.24, 2.45) is 5.84 Å². The van der Waals surface area contributed by atoms with E-state index in [9.17, 15) is 0 Å². The Morgan fingerprint density at radius 2 is 1.90 bits per heavy atom. The fourth-order valence-electron chi connectivity index (χ4n) is 3.12. The standard InChI is InChI=1S/C18H22N2O/c1-12-7-13(2)9-14(8-12)10-17(20-19)15-3-4-18-16(11-15)5-6-21-18/h3-4,7-9,11,17,20H,5-6,10,19H2,1-2H3. The number of aryl methyl sites for hydroxylation is 2. The number of hydrogen-bond acceptors (Lipinski definition) is 3. The Labute approximate surface area is 126 Å². The zero-order chi connectivity index (χ0) is 14.8. The van der Waals surface area contributed by atoms with Crippen LogP contribution in [0.5, 0.6) is 5.75 Å². The predicted octanol–water partition coefficient (Wildman–Crippen LogP) is 2.99. The van der Waals surface area contributed by atoms with E-state index >= 15 is 0 Å². The molecular formula is C18H22N2O. The lowest BCUT2D eigenvalue weighted by Gasteiger charge is -2.18. The minimum atomic E-state index is 0.122. The summed E-state index contributed by atoms with van der Waals surface area (Å²) in [6, 6.07) is 13.2. The number of hydrogen-bond donors (Lipinski definition) is 2. The SMILES string of the molecule is Cc1cc(C)cc(CC(NN)c2ccc3c(c2)CCO3)c1. The number of ether oxygens (including phenoxy) is 1. The second kappa shape index (κ2) is 5.88. The van der Waals surface area contributed by atoms with Crippen LogP contribution in [0.25, 0.3) is 0 Å². The van der Waals surface area contributed by atoms with Crippen LogP contribution in [-0.4, -0.2) is 6.61 Å². The van der Waals surface area contributed by atoms with E-state index in [1.807, 2.05) is 0 Å². The lowest BCUT2D eigenvalue weighted by molar-refractivity contribution is 0.356. The van der Waals surface area contributed by atoms with E-state index in [-0.39, 0.29) is 6.04 Å². The van der Waals surface area contributed by atoms with Crippen molar-refractivity contribution < 1.29 is 4.74 Å². The van der Waals surface area contributed by atoms with Crippen LogP contribution in [-0.2, 0) is 12.8 Å². The van der Waals surface area contributed by atoms with Crippen molar-refractivity contribution in [1.29, 1.82) is 0 Å². The monoisotopic (exact) mass is 282 g/mol. The Kier molecular flexibility index (Phi) is 3.95. The number of nitrogens with two attached hydrogens (primary N) is 1. The van der Waals surface area contributed by atoms with Crippen molar-refractivity contribution >= 4 is 0 Å².